The van der Waals surface area contributed by atoms with Gasteiger partial charge in [-0.05, 0) is 12.1 Å². The quantitative estimate of drug-likeness (QED) is 0.721. The minimum absolute atomic E-state index is 0.0100. The van der Waals surface area contributed by atoms with E-state index in [1.54, 1.807) is 0 Å². The molecule has 1 rings (SSSR count). The minimum atomic E-state index is -1.69. The van der Waals surface area contributed by atoms with Crippen LogP contribution in [-0.2, 0) is 9.59 Å². The van der Waals surface area contributed by atoms with E-state index in [-0.39, 0.29) is 5.69 Å². The van der Waals surface area contributed by atoms with Gasteiger partial charge in [-0.1, -0.05) is 12.1 Å². The number of carbonyl (C=O) groups excluding carboxylic acids is 1. The highest BCUT2D eigenvalue weighted by atomic mass is 19.1. The molecule has 0 bridgehead atoms. The van der Waals surface area contributed by atoms with Crippen LogP contribution in [0.1, 0.15) is 0 Å². The number of carboxylic acids is 1. The second-order valence-corrected chi connectivity index (χ2v) is 3.16. The van der Waals surface area contributed by atoms with Crippen molar-refractivity contribution in [1.29, 1.82) is 0 Å². The Morgan fingerprint density at radius 3 is 2.50 bits per heavy atom. The molecule has 16 heavy (non-hydrogen) atoms. The number of para-hydroxylation sites is 1. The van der Waals surface area contributed by atoms with Crippen LogP contribution in [0.4, 0.5) is 10.1 Å². The summed E-state index contributed by atoms with van der Waals surface area (Å²) in [6.45, 7) is 0. The maximum Gasteiger partial charge on any atom is 0.330 e. The molecular formula is C10H11FN2O3. The van der Waals surface area contributed by atoms with Gasteiger partial charge in [-0.25, -0.2) is 9.18 Å². The number of nitrogens with two attached hydrogens (primary N) is 1. The van der Waals surface area contributed by atoms with Crippen LogP contribution < -0.4 is 10.6 Å². The smallest absolute Gasteiger partial charge is 0.330 e. The number of rotatable bonds is 3. The number of aliphatic carboxylic acids is 1. The van der Waals surface area contributed by atoms with Crippen LogP contribution in [0.3, 0.4) is 0 Å². The van der Waals surface area contributed by atoms with Crippen molar-refractivity contribution in [3.05, 3.63) is 30.1 Å². The molecule has 1 aromatic carbocycles. The number of hydrogen-bond donors (Lipinski definition) is 2. The lowest BCUT2D eigenvalue weighted by atomic mass is 10.2. The van der Waals surface area contributed by atoms with Gasteiger partial charge in [0.05, 0.1) is 5.69 Å². The Bertz CT molecular complexity index is 422. The summed E-state index contributed by atoms with van der Waals surface area (Å²) in [6.07, 6.45) is 0. The fourth-order valence-corrected chi connectivity index (χ4v) is 1.16. The average Bonchev–Trinajstić information content (AvgIpc) is 2.26. The first-order valence-corrected chi connectivity index (χ1v) is 4.45. The number of hydrogen-bond acceptors (Lipinski definition) is 3. The molecule has 3 N–H and O–H groups in total. The Hall–Kier alpha value is -1.95. The van der Waals surface area contributed by atoms with E-state index in [0.29, 0.717) is 0 Å². The molecule has 0 aromatic heterocycles. The number of amides is 1. The van der Waals surface area contributed by atoms with Crippen LogP contribution in [0.25, 0.3) is 0 Å². The molecule has 1 unspecified atom stereocenters. The predicted molar refractivity (Wildman–Crippen MR) is 55.4 cm³/mol. The highest BCUT2D eigenvalue weighted by molar-refractivity contribution is 6.08. The lowest BCUT2D eigenvalue weighted by Gasteiger charge is -2.19. The van der Waals surface area contributed by atoms with Crippen molar-refractivity contribution in [3.8, 4) is 0 Å². The molecule has 0 spiro atoms. The first kappa shape index (κ1) is 12.1. The van der Waals surface area contributed by atoms with Crippen LogP contribution in [0.5, 0.6) is 0 Å². The topological polar surface area (TPSA) is 83.6 Å². The number of anilines is 1. The summed E-state index contributed by atoms with van der Waals surface area (Å²) < 4.78 is 13.3. The number of nitrogens with zero attached hydrogens (tertiary/aromatic N) is 1. The standard InChI is InChI=1S/C10H11FN2O3/c1-13(9(14)8(12)10(15)16)7-5-3-2-4-6(7)11/h2-5,8H,12H2,1H3,(H,15,16). The summed E-state index contributed by atoms with van der Waals surface area (Å²) in [4.78, 5) is 22.9. The highest BCUT2D eigenvalue weighted by Crippen LogP contribution is 2.17. The number of benzene rings is 1. The zero-order valence-electron chi connectivity index (χ0n) is 8.55. The van der Waals surface area contributed by atoms with Crippen LogP contribution >= 0.6 is 0 Å². The van der Waals surface area contributed by atoms with Crippen molar-refractivity contribution in [2.24, 2.45) is 5.73 Å². The van der Waals surface area contributed by atoms with Crippen molar-refractivity contribution < 1.29 is 19.1 Å². The van der Waals surface area contributed by atoms with Gasteiger partial charge in [-0.3, -0.25) is 4.79 Å². The molecule has 0 radical (unpaired) electrons. The third-order valence-corrected chi connectivity index (χ3v) is 2.08. The average molecular weight is 226 g/mol. The third kappa shape index (κ3) is 2.34. The fourth-order valence-electron chi connectivity index (χ4n) is 1.16. The van der Waals surface area contributed by atoms with Crippen LogP contribution in [0, 0.1) is 5.82 Å². The largest absolute Gasteiger partial charge is 0.480 e. The Kier molecular flexibility index (Phi) is 3.57. The molecule has 0 saturated carbocycles. The maximum atomic E-state index is 13.3. The predicted octanol–water partition coefficient (Wildman–Crippen LogP) is 0.200. The van der Waals surface area contributed by atoms with Gasteiger partial charge in [0.2, 0.25) is 0 Å². The van der Waals surface area contributed by atoms with Gasteiger partial charge < -0.3 is 15.7 Å². The van der Waals surface area contributed by atoms with Crippen molar-refractivity contribution in [3.63, 3.8) is 0 Å². The Balaban J connectivity index is 2.95. The molecular weight excluding hydrogens is 215 g/mol. The molecule has 0 saturated heterocycles. The van der Waals surface area contributed by atoms with Gasteiger partial charge in [0.1, 0.15) is 5.82 Å². The van der Waals surface area contributed by atoms with Crippen molar-refractivity contribution >= 4 is 17.6 Å². The monoisotopic (exact) mass is 226 g/mol. The molecule has 5 nitrogen and oxygen atoms in total. The molecule has 0 aliphatic rings. The SMILES string of the molecule is CN(C(=O)C(N)C(=O)O)c1ccccc1F. The van der Waals surface area contributed by atoms with Crippen LogP contribution in [-0.4, -0.2) is 30.1 Å². The Labute approximate surface area is 91.3 Å². The summed E-state index contributed by atoms with van der Waals surface area (Å²) in [6, 6.07) is 3.85. The first-order chi connectivity index (χ1) is 7.45. The lowest BCUT2D eigenvalue weighted by Crippen LogP contribution is -2.47. The van der Waals surface area contributed by atoms with Gasteiger partial charge in [0.25, 0.3) is 5.91 Å². The summed E-state index contributed by atoms with van der Waals surface area (Å²) in [5, 5.41) is 8.55. The Morgan fingerprint density at radius 1 is 1.44 bits per heavy atom. The van der Waals surface area contributed by atoms with Gasteiger partial charge in [-0.15, -0.1) is 0 Å². The van der Waals surface area contributed by atoms with E-state index in [0.717, 1.165) is 4.90 Å². The van der Waals surface area contributed by atoms with Crippen molar-refractivity contribution in [2.75, 3.05) is 11.9 Å². The highest BCUT2D eigenvalue weighted by Gasteiger charge is 2.26. The van der Waals surface area contributed by atoms with Crippen LogP contribution in [0.2, 0.25) is 0 Å². The normalized spacial score (nSPS) is 11.9. The number of carboxylic acid groups (broad SMARTS) is 1. The number of halogens is 1. The van der Waals surface area contributed by atoms with Gasteiger partial charge in [0, 0.05) is 7.05 Å². The van der Waals surface area contributed by atoms with E-state index in [1.807, 2.05) is 0 Å². The zero-order chi connectivity index (χ0) is 12.3. The van der Waals surface area contributed by atoms with E-state index >= 15 is 0 Å². The first-order valence-electron chi connectivity index (χ1n) is 4.45. The summed E-state index contributed by atoms with van der Waals surface area (Å²) >= 11 is 0. The summed E-state index contributed by atoms with van der Waals surface area (Å²) in [5.74, 6) is -2.94. The molecule has 1 atom stereocenters. The zero-order valence-corrected chi connectivity index (χ0v) is 8.55. The van der Waals surface area contributed by atoms with Crippen LogP contribution in [0.15, 0.2) is 24.3 Å². The molecule has 0 fully saturated rings. The minimum Gasteiger partial charge on any atom is -0.480 e. The maximum absolute atomic E-state index is 13.3. The van der Waals surface area contributed by atoms with Gasteiger partial charge >= 0.3 is 5.97 Å². The molecule has 0 aliphatic heterocycles. The fraction of sp³-hybridized carbons (Fsp3) is 0.200. The van der Waals surface area contributed by atoms with Gasteiger partial charge in [-0.2, -0.15) is 0 Å². The van der Waals surface area contributed by atoms with Crippen molar-refractivity contribution in [2.45, 2.75) is 6.04 Å². The summed E-state index contributed by atoms with van der Waals surface area (Å²) in [7, 11) is 1.27. The van der Waals surface area contributed by atoms with Crippen molar-refractivity contribution in [1.82, 2.24) is 0 Å². The third-order valence-electron chi connectivity index (χ3n) is 2.08. The molecule has 0 aliphatic carbocycles. The molecule has 6 heteroatoms. The summed E-state index contributed by atoms with van der Waals surface area (Å²) in [5.41, 5.74) is 5.13. The molecule has 0 heterocycles. The second-order valence-electron chi connectivity index (χ2n) is 3.16. The van der Waals surface area contributed by atoms with E-state index < -0.39 is 23.7 Å². The van der Waals surface area contributed by atoms with Gasteiger partial charge in [0.15, 0.2) is 6.04 Å². The molecule has 1 amide bonds. The molecule has 86 valence electrons. The van der Waals surface area contributed by atoms with E-state index in [9.17, 15) is 14.0 Å². The van der Waals surface area contributed by atoms with E-state index in [1.165, 1.54) is 31.3 Å². The number of likely N-dealkylation sites (N-methyl/N-ethyl adjacent to an activating group) is 1. The molecule has 1 aromatic rings. The van der Waals surface area contributed by atoms with E-state index in [2.05, 4.69) is 0 Å². The Morgan fingerprint density at radius 2 is 2.00 bits per heavy atom. The lowest BCUT2D eigenvalue weighted by molar-refractivity contribution is -0.142. The second kappa shape index (κ2) is 4.71. The van der Waals surface area contributed by atoms with E-state index in [4.69, 9.17) is 10.8 Å². The number of carbonyl (C=O) groups is 2.